The summed E-state index contributed by atoms with van der Waals surface area (Å²) in [4.78, 5) is 15.9. The highest BCUT2D eigenvalue weighted by atomic mass is 32.1. The molecule has 1 N–H and O–H groups in total. The minimum atomic E-state index is -0.0889. The SMILES string of the molecule is Cc1cc(C)n(CCCNC(=O)/C=C\c2csc(C)n2)n1. The maximum absolute atomic E-state index is 11.7. The third kappa shape index (κ3) is 4.82. The van der Waals surface area contributed by atoms with E-state index in [0.717, 1.165) is 35.1 Å². The Morgan fingerprint density at radius 3 is 2.86 bits per heavy atom. The molecule has 0 saturated carbocycles. The van der Waals surface area contributed by atoms with Gasteiger partial charge in [0.1, 0.15) is 0 Å². The number of thiazole rings is 1. The summed E-state index contributed by atoms with van der Waals surface area (Å²) >= 11 is 1.57. The largest absolute Gasteiger partial charge is 0.352 e. The Bertz CT molecular complexity index is 642. The summed E-state index contributed by atoms with van der Waals surface area (Å²) in [5.74, 6) is -0.0889. The number of carbonyl (C=O) groups excluding carboxylic acids is 1. The fraction of sp³-hybridized carbons (Fsp3) is 0.400. The third-order valence-electron chi connectivity index (χ3n) is 2.99. The van der Waals surface area contributed by atoms with E-state index < -0.39 is 0 Å². The van der Waals surface area contributed by atoms with Gasteiger partial charge >= 0.3 is 0 Å². The van der Waals surface area contributed by atoms with Crippen molar-refractivity contribution in [2.45, 2.75) is 33.7 Å². The summed E-state index contributed by atoms with van der Waals surface area (Å²) in [7, 11) is 0. The van der Waals surface area contributed by atoms with Crippen LogP contribution >= 0.6 is 11.3 Å². The second-order valence-corrected chi connectivity index (χ2v) is 5.98. The molecule has 0 atom stereocenters. The average Bonchev–Trinajstić information content (AvgIpc) is 2.98. The van der Waals surface area contributed by atoms with E-state index in [1.807, 2.05) is 30.8 Å². The van der Waals surface area contributed by atoms with Crippen molar-refractivity contribution in [2.75, 3.05) is 6.54 Å². The molecule has 0 aromatic carbocycles. The number of nitrogens with one attached hydrogen (secondary N) is 1. The highest BCUT2D eigenvalue weighted by molar-refractivity contribution is 7.09. The molecule has 0 fully saturated rings. The molecule has 2 heterocycles. The maximum Gasteiger partial charge on any atom is 0.244 e. The van der Waals surface area contributed by atoms with Gasteiger partial charge in [-0.15, -0.1) is 11.3 Å². The zero-order valence-corrected chi connectivity index (χ0v) is 13.4. The lowest BCUT2D eigenvalue weighted by Crippen LogP contribution is -2.23. The number of rotatable bonds is 6. The standard InChI is InChI=1S/C15H20N4OS/c1-11-9-12(2)19(18-11)8-4-7-16-15(20)6-5-14-10-21-13(3)17-14/h5-6,9-10H,4,7-8H2,1-3H3,(H,16,20)/b6-5-. The van der Waals surface area contributed by atoms with Crippen molar-refractivity contribution in [2.24, 2.45) is 0 Å². The van der Waals surface area contributed by atoms with Gasteiger partial charge in [0.25, 0.3) is 0 Å². The molecular formula is C15H20N4OS. The number of amides is 1. The second-order valence-electron chi connectivity index (χ2n) is 4.92. The lowest BCUT2D eigenvalue weighted by atomic mass is 10.3. The molecule has 21 heavy (non-hydrogen) atoms. The molecule has 2 rings (SSSR count). The van der Waals surface area contributed by atoms with Crippen LogP contribution in [0.5, 0.6) is 0 Å². The van der Waals surface area contributed by atoms with Crippen LogP contribution in [0.25, 0.3) is 6.08 Å². The van der Waals surface area contributed by atoms with Gasteiger partial charge < -0.3 is 5.32 Å². The van der Waals surface area contributed by atoms with Crippen molar-refractivity contribution < 1.29 is 4.79 Å². The second kappa shape index (κ2) is 7.17. The first-order valence-corrected chi connectivity index (χ1v) is 7.81. The average molecular weight is 304 g/mol. The number of hydrogen-bond acceptors (Lipinski definition) is 4. The van der Waals surface area contributed by atoms with Crippen LogP contribution < -0.4 is 5.32 Å². The first-order chi connectivity index (χ1) is 10.0. The first-order valence-electron chi connectivity index (χ1n) is 6.93. The molecule has 1 amide bonds. The van der Waals surface area contributed by atoms with Crippen LogP contribution in [-0.2, 0) is 11.3 Å². The zero-order valence-electron chi connectivity index (χ0n) is 12.6. The minimum absolute atomic E-state index is 0.0889. The number of carbonyl (C=O) groups is 1. The highest BCUT2D eigenvalue weighted by Gasteiger charge is 2.01. The van der Waals surface area contributed by atoms with E-state index in [1.165, 1.54) is 6.08 Å². The Balaban J connectivity index is 1.70. The molecule has 2 aromatic rings. The molecule has 6 heteroatoms. The van der Waals surface area contributed by atoms with Crippen LogP contribution in [-0.4, -0.2) is 27.2 Å². The van der Waals surface area contributed by atoms with Gasteiger partial charge in [0.2, 0.25) is 5.91 Å². The Morgan fingerprint density at radius 1 is 1.43 bits per heavy atom. The zero-order chi connectivity index (χ0) is 15.2. The molecule has 0 bridgehead atoms. The summed E-state index contributed by atoms with van der Waals surface area (Å²) in [6.07, 6.45) is 4.12. The van der Waals surface area contributed by atoms with Crippen molar-refractivity contribution >= 4 is 23.3 Å². The van der Waals surface area contributed by atoms with Gasteiger partial charge in [0.05, 0.1) is 16.4 Å². The maximum atomic E-state index is 11.7. The Morgan fingerprint density at radius 2 is 2.24 bits per heavy atom. The van der Waals surface area contributed by atoms with Gasteiger partial charge in [-0.1, -0.05) is 0 Å². The Kier molecular flexibility index (Phi) is 5.27. The van der Waals surface area contributed by atoms with Gasteiger partial charge in [-0.3, -0.25) is 9.48 Å². The van der Waals surface area contributed by atoms with E-state index in [0.29, 0.717) is 6.54 Å². The molecule has 0 aliphatic heterocycles. The van der Waals surface area contributed by atoms with E-state index in [4.69, 9.17) is 0 Å². The van der Waals surface area contributed by atoms with Gasteiger partial charge in [0, 0.05) is 30.2 Å². The van der Waals surface area contributed by atoms with E-state index >= 15 is 0 Å². The molecule has 5 nitrogen and oxygen atoms in total. The van der Waals surface area contributed by atoms with Gasteiger partial charge in [0.15, 0.2) is 0 Å². The molecule has 0 spiro atoms. The molecule has 0 unspecified atom stereocenters. The van der Waals surface area contributed by atoms with Gasteiger partial charge in [-0.25, -0.2) is 4.98 Å². The van der Waals surface area contributed by atoms with Crippen LogP contribution in [0.4, 0.5) is 0 Å². The van der Waals surface area contributed by atoms with E-state index in [-0.39, 0.29) is 5.91 Å². The van der Waals surface area contributed by atoms with Crippen LogP contribution in [0, 0.1) is 20.8 Å². The van der Waals surface area contributed by atoms with Crippen LogP contribution in [0.1, 0.15) is 28.5 Å². The molecule has 2 aromatic heterocycles. The van der Waals surface area contributed by atoms with Crippen molar-refractivity contribution in [1.82, 2.24) is 20.1 Å². The fourth-order valence-electron chi connectivity index (χ4n) is 2.02. The van der Waals surface area contributed by atoms with E-state index in [2.05, 4.69) is 21.5 Å². The Labute approximate surface area is 128 Å². The molecule has 0 radical (unpaired) electrons. The van der Waals surface area contributed by atoms with Crippen LogP contribution in [0.2, 0.25) is 0 Å². The van der Waals surface area contributed by atoms with Gasteiger partial charge in [-0.05, 0) is 39.3 Å². The van der Waals surface area contributed by atoms with Crippen molar-refractivity contribution in [3.63, 3.8) is 0 Å². The number of nitrogens with zero attached hydrogens (tertiary/aromatic N) is 3. The predicted octanol–water partition coefficient (Wildman–Crippen LogP) is 2.48. The van der Waals surface area contributed by atoms with Crippen molar-refractivity contribution in [3.05, 3.63) is 39.6 Å². The third-order valence-corrected chi connectivity index (χ3v) is 3.78. The van der Waals surface area contributed by atoms with Crippen LogP contribution in [0.15, 0.2) is 17.5 Å². The fourth-order valence-corrected chi connectivity index (χ4v) is 2.60. The van der Waals surface area contributed by atoms with E-state index in [9.17, 15) is 4.79 Å². The number of aryl methyl sites for hydroxylation is 4. The number of hydrogen-bond donors (Lipinski definition) is 1. The summed E-state index contributed by atoms with van der Waals surface area (Å²) in [5, 5.41) is 10.2. The summed E-state index contributed by atoms with van der Waals surface area (Å²) < 4.78 is 1.97. The lowest BCUT2D eigenvalue weighted by Gasteiger charge is -2.04. The first kappa shape index (κ1) is 15.4. The van der Waals surface area contributed by atoms with Crippen molar-refractivity contribution in [1.29, 1.82) is 0 Å². The lowest BCUT2D eigenvalue weighted by molar-refractivity contribution is -0.116. The Hall–Kier alpha value is -1.95. The van der Waals surface area contributed by atoms with E-state index in [1.54, 1.807) is 17.4 Å². The predicted molar refractivity (Wildman–Crippen MR) is 85.2 cm³/mol. The molecule has 0 aliphatic carbocycles. The normalized spacial score (nSPS) is 11.2. The highest BCUT2D eigenvalue weighted by Crippen LogP contribution is 2.08. The topological polar surface area (TPSA) is 59.8 Å². The van der Waals surface area contributed by atoms with Crippen LogP contribution in [0.3, 0.4) is 0 Å². The smallest absolute Gasteiger partial charge is 0.244 e. The molecule has 0 saturated heterocycles. The summed E-state index contributed by atoms with van der Waals surface area (Å²) in [6.45, 7) is 7.42. The minimum Gasteiger partial charge on any atom is -0.352 e. The molecule has 0 aliphatic rings. The van der Waals surface area contributed by atoms with Crippen molar-refractivity contribution in [3.8, 4) is 0 Å². The molecule has 112 valence electrons. The number of aromatic nitrogens is 3. The summed E-state index contributed by atoms with van der Waals surface area (Å²) in [5.41, 5.74) is 3.01. The monoisotopic (exact) mass is 304 g/mol. The molecular weight excluding hydrogens is 284 g/mol. The summed E-state index contributed by atoms with van der Waals surface area (Å²) in [6, 6.07) is 2.05. The quantitative estimate of drug-likeness (QED) is 0.659. The van der Waals surface area contributed by atoms with Gasteiger partial charge in [-0.2, -0.15) is 5.10 Å².